The normalized spacial score (nSPS) is 15.6. The molecule has 8 nitrogen and oxygen atoms in total. The van der Waals surface area contributed by atoms with E-state index in [0.717, 1.165) is 10.4 Å². The first-order valence-electron chi connectivity index (χ1n) is 11.0. The predicted molar refractivity (Wildman–Crippen MR) is 129 cm³/mol. The van der Waals surface area contributed by atoms with Crippen molar-refractivity contribution in [2.45, 2.75) is 13.0 Å². The molecular weight excluding hydrogens is 457 g/mol. The maximum atomic E-state index is 14.4. The van der Waals surface area contributed by atoms with E-state index in [1.165, 1.54) is 21.9 Å². The number of para-hydroxylation sites is 1. The lowest BCUT2D eigenvalue weighted by Gasteiger charge is -2.40. The number of thiazole rings is 1. The first-order chi connectivity index (χ1) is 16.5. The van der Waals surface area contributed by atoms with Crippen LogP contribution >= 0.6 is 11.3 Å². The van der Waals surface area contributed by atoms with Gasteiger partial charge in [0.25, 0.3) is 0 Å². The number of aryl methyl sites for hydroxylation is 1. The molecule has 2 aromatic heterocycles. The number of benzene rings is 2. The van der Waals surface area contributed by atoms with Gasteiger partial charge in [-0.15, -0.1) is 5.10 Å². The number of halogens is 1. The number of hydrogen-bond acceptors (Lipinski definition) is 8. The van der Waals surface area contributed by atoms with Gasteiger partial charge in [-0.1, -0.05) is 29.5 Å². The van der Waals surface area contributed by atoms with Crippen molar-refractivity contribution in [2.75, 3.05) is 45.3 Å². The summed E-state index contributed by atoms with van der Waals surface area (Å²) in [7, 11) is 3.21. The van der Waals surface area contributed by atoms with Gasteiger partial charge in [-0.3, -0.25) is 4.90 Å². The fraction of sp³-hybridized carbons (Fsp3) is 0.333. The number of anilines is 1. The number of ether oxygens (including phenoxy) is 2. The molecule has 178 valence electrons. The van der Waals surface area contributed by atoms with E-state index in [1.807, 2.05) is 30.3 Å². The van der Waals surface area contributed by atoms with Gasteiger partial charge >= 0.3 is 0 Å². The number of fused-ring (bicyclic) bond motifs is 1. The average molecular weight is 484 g/mol. The summed E-state index contributed by atoms with van der Waals surface area (Å²) in [4.78, 5) is 10.2. The smallest absolute Gasteiger partial charge is 0.230 e. The molecule has 0 unspecified atom stereocenters. The van der Waals surface area contributed by atoms with Gasteiger partial charge in [0, 0.05) is 26.2 Å². The number of nitrogens with zero attached hydrogens (tertiary/aromatic N) is 5. The molecule has 0 radical (unpaired) electrons. The lowest BCUT2D eigenvalue weighted by molar-refractivity contribution is 0.210. The molecule has 0 saturated carbocycles. The van der Waals surface area contributed by atoms with Gasteiger partial charge in [-0.2, -0.15) is 4.52 Å². The van der Waals surface area contributed by atoms with Crippen LogP contribution in [0.25, 0.3) is 4.96 Å². The van der Waals surface area contributed by atoms with Crippen LogP contribution in [0.15, 0.2) is 42.5 Å². The van der Waals surface area contributed by atoms with Crippen LogP contribution in [0.1, 0.15) is 22.3 Å². The molecule has 1 fully saturated rings. The third-order valence-corrected chi connectivity index (χ3v) is 7.22. The molecule has 0 bridgehead atoms. The summed E-state index contributed by atoms with van der Waals surface area (Å²) in [5, 5.41) is 15.4. The van der Waals surface area contributed by atoms with Crippen LogP contribution in [0.2, 0.25) is 0 Å². The van der Waals surface area contributed by atoms with Crippen LogP contribution in [0.4, 0.5) is 10.1 Å². The molecule has 5 rings (SSSR count). The first kappa shape index (κ1) is 22.4. The summed E-state index contributed by atoms with van der Waals surface area (Å²) in [5.74, 6) is 1.72. The molecule has 10 heteroatoms. The predicted octanol–water partition coefficient (Wildman–Crippen LogP) is 3.87. The maximum absolute atomic E-state index is 14.4. The molecule has 1 atom stereocenters. The summed E-state index contributed by atoms with van der Waals surface area (Å²) < 4.78 is 26.8. The highest BCUT2D eigenvalue weighted by molar-refractivity contribution is 7.17. The van der Waals surface area contributed by atoms with Crippen molar-refractivity contribution in [1.29, 1.82) is 0 Å². The number of aromatic nitrogens is 3. The van der Waals surface area contributed by atoms with E-state index >= 15 is 0 Å². The van der Waals surface area contributed by atoms with Crippen LogP contribution in [0.3, 0.4) is 0 Å². The van der Waals surface area contributed by atoms with E-state index < -0.39 is 0 Å². The number of aromatic hydroxyl groups is 1. The van der Waals surface area contributed by atoms with E-state index in [1.54, 1.807) is 27.2 Å². The van der Waals surface area contributed by atoms with E-state index in [2.05, 4.69) is 19.9 Å². The molecule has 1 saturated heterocycles. The van der Waals surface area contributed by atoms with E-state index in [0.29, 0.717) is 54.2 Å². The van der Waals surface area contributed by atoms with Gasteiger partial charge in [0.05, 0.1) is 30.8 Å². The van der Waals surface area contributed by atoms with Crippen molar-refractivity contribution in [1.82, 2.24) is 19.5 Å². The third-order valence-electron chi connectivity index (χ3n) is 6.15. The molecule has 1 aliphatic heterocycles. The number of piperazine rings is 1. The lowest BCUT2D eigenvalue weighted by atomic mass is 10.0. The zero-order valence-corrected chi connectivity index (χ0v) is 20.0. The molecule has 1 aliphatic rings. The van der Waals surface area contributed by atoms with Gasteiger partial charge in [0.15, 0.2) is 11.5 Å². The van der Waals surface area contributed by atoms with Crippen molar-refractivity contribution in [3.8, 4) is 17.4 Å². The highest BCUT2D eigenvalue weighted by Crippen LogP contribution is 2.42. The van der Waals surface area contributed by atoms with Crippen molar-refractivity contribution in [3.05, 3.63) is 64.5 Å². The van der Waals surface area contributed by atoms with Gasteiger partial charge in [-0.05, 0) is 36.8 Å². The second kappa shape index (κ2) is 9.11. The Kier molecular flexibility index (Phi) is 6.01. The monoisotopic (exact) mass is 483 g/mol. The zero-order valence-electron chi connectivity index (χ0n) is 19.2. The van der Waals surface area contributed by atoms with Crippen molar-refractivity contribution >= 4 is 22.0 Å². The first-order valence-corrected chi connectivity index (χ1v) is 11.8. The second-order valence-corrected chi connectivity index (χ2v) is 9.14. The Bertz CT molecular complexity index is 1320. The lowest BCUT2D eigenvalue weighted by Crippen LogP contribution is -2.48. The van der Waals surface area contributed by atoms with E-state index in [-0.39, 0.29) is 17.7 Å². The van der Waals surface area contributed by atoms with Crippen LogP contribution in [0, 0.1) is 12.7 Å². The topological polar surface area (TPSA) is 75.4 Å². The van der Waals surface area contributed by atoms with Crippen molar-refractivity contribution in [3.63, 3.8) is 0 Å². The Balaban J connectivity index is 1.52. The van der Waals surface area contributed by atoms with E-state index in [9.17, 15) is 9.50 Å². The van der Waals surface area contributed by atoms with Crippen molar-refractivity contribution < 1.29 is 19.0 Å². The Labute approximate surface area is 200 Å². The Morgan fingerprint density at radius 1 is 1.03 bits per heavy atom. The summed E-state index contributed by atoms with van der Waals surface area (Å²) >= 11 is 1.42. The molecule has 0 amide bonds. The number of hydrogen-bond donors (Lipinski definition) is 1. The van der Waals surface area contributed by atoms with E-state index in [4.69, 9.17) is 9.47 Å². The summed E-state index contributed by atoms with van der Waals surface area (Å²) in [6.07, 6.45) is 0. The Morgan fingerprint density at radius 3 is 2.44 bits per heavy atom. The molecule has 34 heavy (non-hydrogen) atoms. The van der Waals surface area contributed by atoms with Gasteiger partial charge < -0.3 is 19.5 Å². The number of rotatable bonds is 6. The SMILES string of the molecule is COc1ccc([C@@H](c2sc3nc(C)nn3c2O)N2CCN(c3ccccc3F)CC2)cc1OC. The van der Waals surface area contributed by atoms with Gasteiger partial charge in [0.2, 0.25) is 10.8 Å². The zero-order chi connectivity index (χ0) is 23.8. The van der Waals surface area contributed by atoms with Crippen LogP contribution < -0.4 is 14.4 Å². The molecule has 4 aromatic rings. The Hall–Kier alpha value is -3.37. The number of methoxy groups -OCH3 is 2. The fourth-order valence-corrected chi connectivity index (χ4v) is 5.67. The molecule has 1 N–H and O–H groups in total. The minimum absolute atomic E-state index is 0.0805. The Morgan fingerprint density at radius 2 is 1.76 bits per heavy atom. The van der Waals surface area contributed by atoms with Crippen LogP contribution in [-0.2, 0) is 0 Å². The average Bonchev–Trinajstić information content (AvgIpc) is 3.36. The van der Waals surface area contributed by atoms with Gasteiger partial charge in [-0.25, -0.2) is 9.37 Å². The molecule has 2 aromatic carbocycles. The highest BCUT2D eigenvalue weighted by Gasteiger charge is 2.32. The fourth-order valence-electron chi connectivity index (χ4n) is 4.51. The third kappa shape index (κ3) is 3.92. The summed E-state index contributed by atoms with van der Waals surface area (Å²) in [5.41, 5.74) is 1.57. The largest absolute Gasteiger partial charge is 0.493 e. The standard InChI is InChI=1S/C24H26FN5O3S/c1-15-26-24-30(27-15)23(31)22(34-24)21(16-8-9-19(32-2)20(14-16)33-3)29-12-10-28(11-13-29)18-7-5-4-6-17(18)25/h4-9,14,21,31H,10-13H2,1-3H3/t21-/m0/s1. The quantitative estimate of drug-likeness (QED) is 0.446. The minimum atomic E-state index is -0.253. The summed E-state index contributed by atoms with van der Waals surface area (Å²) in [6, 6.07) is 12.4. The second-order valence-electron chi connectivity index (χ2n) is 8.13. The van der Waals surface area contributed by atoms with Crippen LogP contribution in [-0.4, -0.2) is 65.0 Å². The maximum Gasteiger partial charge on any atom is 0.230 e. The van der Waals surface area contributed by atoms with Crippen molar-refractivity contribution in [2.24, 2.45) is 0 Å². The highest BCUT2D eigenvalue weighted by atomic mass is 32.1. The van der Waals surface area contributed by atoms with Gasteiger partial charge in [0.1, 0.15) is 11.6 Å². The molecule has 3 heterocycles. The minimum Gasteiger partial charge on any atom is -0.493 e. The summed E-state index contributed by atoms with van der Waals surface area (Å²) in [6.45, 7) is 4.47. The molecule has 0 spiro atoms. The van der Waals surface area contributed by atoms with Crippen LogP contribution in [0.5, 0.6) is 17.4 Å². The molecule has 0 aliphatic carbocycles. The molecular formula is C24H26FN5O3S.